The van der Waals surface area contributed by atoms with Crippen LogP contribution in [0.1, 0.15) is 42.3 Å². The first-order valence-electron chi connectivity index (χ1n) is 10.7. The second-order valence-electron chi connectivity index (χ2n) is 7.43. The third-order valence-corrected chi connectivity index (χ3v) is 5.59. The molecule has 0 aliphatic carbocycles. The molecule has 4 rings (SSSR count). The van der Waals surface area contributed by atoms with Crippen LogP contribution < -0.4 is 20.1 Å². The summed E-state index contributed by atoms with van der Waals surface area (Å²) in [7, 11) is 0. The molecule has 0 spiro atoms. The molecule has 0 N–H and O–H groups in total. The molecule has 1 heterocycles. The summed E-state index contributed by atoms with van der Waals surface area (Å²) in [6.45, 7) is 12.3. The van der Waals surface area contributed by atoms with Gasteiger partial charge in [-0.15, -0.1) is 0 Å². The van der Waals surface area contributed by atoms with Crippen LogP contribution in [0.25, 0.3) is 12.2 Å². The predicted molar refractivity (Wildman–Crippen MR) is 125 cm³/mol. The van der Waals surface area contributed by atoms with Crippen LogP contribution in [0.5, 0.6) is 11.5 Å². The quantitative estimate of drug-likeness (QED) is 0.437. The molecule has 0 saturated carbocycles. The number of hydrogen-bond acceptors (Lipinski definition) is 4. The number of rotatable bonds is 6. The zero-order valence-electron chi connectivity index (χ0n) is 18.3. The monoisotopic (exact) mass is 413 g/mol. The van der Waals surface area contributed by atoms with Gasteiger partial charge in [0.05, 0.1) is 12.2 Å². The average molecular weight is 414 g/mol. The molecule has 3 aromatic carbocycles. The van der Waals surface area contributed by atoms with Crippen molar-refractivity contribution in [3.8, 4) is 11.5 Å². The van der Waals surface area contributed by atoms with Crippen molar-refractivity contribution < 1.29 is 14.3 Å². The molecule has 158 valence electrons. The lowest BCUT2D eigenvalue weighted by Gasteiger charge is -2.26. The maximum Gasteiger partial charge on any atom is 0.338 e. The Morgan fingerprint density at radius 2 is 1.71 bits per heavy atom. The SMILES string of the molecule is C=c1ccc2c(c1)Oc1cc(N(CC)CC)ccc1C=2c1ccccc1C(=O)OCC. The summed E-state index contributed by atoms with van der Waals surface area (Å²) in [5.74, 6) is 1.19. The summed E-state index contributed by atoms with van der Waals surface area (Å²) in [5.41, 5.74) is 4.41. The van der Waals surface area contributed by atoms with E-state index in [4.69, 9.17) is 9.47 Å². The fourth-order valence-corrected chi connectivity index (χ4v) is 4.09. The van der Waals surface area contributed by atoms with Crippen molar-refractivity contribution in [2.45, 2.75) is 20.8 Å². The first-order chi connectivity index (χ1) is 15.1. The molecule has 31 heavy (non-hydrogen) atoms. The van der Waals surface area contributed by atoms with Gasteiger partial charge in [-0.25, -0.2) is 4.79 Å². The van der Waals surface area contributed by atoms with Crippen molar-refractivity contribution in [2.24, 2.45) is 0 Å². The van der Waals surface area contributed by atoms with E-state index in [-0.39, 0.29) is 5.97 Å². The number of esters is 1. The van der Waals surface area contributed by atoms with E-state index >= 15 is 0 Å². The molecule has 4 nitrogen and oxygen atoms in total. The minimum Gasteiger partial charge on any atom is -0.462 e. The van der Waals surface area contributed by atoms with Gasteiger partial charge in [-0.05, 0) is 55.8 Å². The summed E-state index contributed by atoms with van der Waals surface area (Å²) in [4.78, 5) is 15.0. The van der Waals surface area contributed by atoms with Gasteiger partial charge in [-0.3, -0.25) is 0 Å². The molecular weight excluding hydrogens is 386 g/mol. The van der Waals surface area contributed by atoms with Gasteiger partial charge in [-0.2, -0.15) is 0 Å². The topological polar surface area (TPSA) is 38.8 Å². The van der Waals surface area contributed by atoms with Gasteiger partial charge in [-0.1, -0.05) is 36.9 Å². The number of carbonyl (C=O) groups is 1. The van der Waals surface area contributed by atoms with Gasteiger partial charge in [0.1, 0.15) is 11.5 Å². The van der Waals surface area contributed by atoms with E-state index in [0.29, 0.717) is 12.2 Å². The van der Waals surface area contributed by atoms with E-state index < -0.39 is 0 Å². The number of ether oxygens (including phenoxy) is 2. The Morgan fingerprint density at radius 3 is 2.45 bits per heavy atom. The van der Waals surface area contributed by atoms with Crippen LogP contribution in [0.2, 0.25) is 0 Å². The molecule has 0 unspecified atom stereocenters. The van der Waals surface area contributed by atoms with Crippen molar-refractivity contribution in [1.82, 2.24) is 0 Å². The zero-order chi connectivity index (χ0) is 22.0. The van der Waals surface area contributed by atoms with E-state index in [2.05, 4.69) is 43.5 Å². The Morgan fingerprint density at radius 1 is 0.935 bits per heavy atom. The van der Waals surface area contributed by atoms with Gasteiger partial charge in [0.2, 0.25) is 0 Å². The molecule has 0 aromatic heterocycles. The van der Waals surface area contributed by atoms with E-state index in [1.54, 1.807) is 0 Å². The minimum atomic E-state index is -0.325. The molecular formula is C27H27NO3. The number of anilines is 1. The molecule has 3 aromatic rings. The van der Waals surface area contributed by atoms with E-state index in [1.807, 2.05) is 49.4 Å². The average Bonchev–Trinajstić information content (AvgIpc) is 2.78. The lowest BCUT2D eigenvalue weighted by atomic mass is 9.89. The number of carbonyl (C=O) groups excluding carboxylic acids is 1. The molecule has 4 heteroatoms. The smallest absolute Gasteiger partial charge is 0.338 e. The summed E-state index contributed by atoms with van der Waals surface area (Å²) in [5, 5.41) is 1.81. The predicted octanol–water partition coefficient (Wildman–Crippen LogP) is 4.47. The van der Waals surface area contributed by atoms with Gasteiger partial charge in [0, 0.05) is 41.2 Å². The standard InChI is InChI=1S/C27H27NO3/c1-5-28(6-2)19-13-15-23-25(17-19)31-24-16-18(4)12-14-22(24)26(23)20-10-8-9-11-21(20)27(29)30-7-3/h8-17H,4-7H2,1-3H3. The fraction of sp³-hybridized carbons (Fsp3) is 0.222. The van der Waals surface area contributed by atoms with E-state index in [1.165, 1.54) is 0 Å². The van der Waals surface area contributed by atoms with Crippen LogP contribution in [-0.2, 0) is 4.74 Å². The summed E-state index contributed by atoms with van der Waals surface area (Å²) < 4.78 is 11.7. The Labute approximate surface area is 183 Å². The molecule has 1 aliphatic rings. The van der Waals surface area contributed by atoms with Crippen LogP contribution in [0.4, 0.5) is 5.69 Å². The minimum absolute atomic E-state index is 0.325. The molecule has 0 bridgehead atoms. The van der Waals surface area contributed by atoms with E-state index in [9.17, 15) is 4.79 Å². The van der Waals surface area contributed by atoms with Gasteiger partial charge >= 0.3 is 5.97 Å². The molecule has 0 fully saturated rings. The van der Waals surface area contributed by atoms with Crippen molar-refractivity contribution in [3.05, 3.63) is 87.8 Å². The van der Waals surface area contributed by atoms with Crippen molar-refractivity contribution >= 4 is 23.8 Å². The highest BCUT2D eigenvalue weighted by atomic mass is 16.5. The molecule has 1 aliphatic heterocycles. The number of benzene rings is 3. The second-order valence-corrected chi connectivity index (χ2v) is 7.43. The van der Waals surface area contributed by atoms with Gasteiger partial charge in [0.25, 0.3) is 0 Å². The third-order valence-electron chi connectivity index (χ3n) is 5.59. The Bertz CT molecular complexity index is 1240. The van der Waals surface area contributed by atoms with Crippen LogP contribution in [-0.4, -0.2) is 25.7 Å². The van der Waals surface area contributed by atoms with Crippen LogP contribution >= 0.6 is 0 Å². The lowest BCUT2D eigenvalue weighted by Crippen LogP contribution is -2.23. The zero-order valence-corrected chi connectivity index (χ0v) is 18.3. The highest BCUT2D eigenvalue weighted by Crippen LogP contribution is 2.39. The van der Waals surface area contributed by atoms with Gasteiger partial charge < -0.3 is 14.4 Å². The van der Waals surface area contributed by atoms with Crippen LogP contribution in [0, 0.1) is 0 Å². The normalized spacial score (nSPS) is 11.9. The van der Waals surface area contributed by atoms with Crippen molar-refractivity contribution in [3.63, 3.8) is 0 Å². The summed E-state index contributed by atoms with van der Waals surface area (Å²) in [6, 6.07) is 19.8. The fourth-order valence-electron chi connectivity index (χ4n) is 4.09. The highest BCUT2D eigenvalue weighted by molar-refractivity contribution is 5.99. The Hall–Kier alpha value is -3.53. The van der Waals surface area contributed by atoms with Crippen LogP contribution in [0.15, 0.2) is 60.7 Å². The number of nitrogens with zero attached hydrogens (tertiary/aromatic N) is 1. The van der Waals surface area contributed by atoms with Gasteiger partial charge in [0.15, 0.2) is 0 Å². The molecule has 0 amide bonds. The summed E-state index contributed by atoms with van der Waals surface area (Å²) in [6.07, 6.45) is 0. The van der Waals surface area contributed by atoms with Crippen molar-refractivity contribution in [2.75, 3.05) is 24.6 Å². The molecule has 0 saturated heterocycles. The first kappa shape index (κ1) is 20.7. The number of fused-ring (bicyclic) bond motifs is 2. The van der Waals surface area contributed by atoms with E-state index in [0.717, 1.165) is 57.4 Å². The number of hydrogen-bond donors (Lipinski definition) is 0. The first-order valence-corrected chi connectivity index (χ1v) is 10.7. The van der Waals surface area contributed by atoms with Crippen LogP contribution in [0.3, 0.4) is 0 Å². The maximum absolute atomic E-state index is 12.7. The Balaban J connectivity index is 2.00. The lowest BCUT2D eigenvalue weighted by molar-refractivity contribution is 0.0526. The maximum atomic E-state index is 12.7. The largest absolute Gasteiger partial charge is 0.462 e. The molecule has 0 atom stereocenters. The molecule has 0 radical (unpaired) electrons. The Kier molecular flexibility index (Phi) is 5.81. The second kappa shape index (κ2) is 8.68. The third kappa shape index (κ3) is 3.81. The van der Waals surface area contributed by atoms with Crippen molar-refractivity contribution in [1.29, 1.82) is 0 Å². The highest BCUT2D eigenvalue weighted by Gasteiger charge is 2.24. The summed E-state index contributed by atoms with van der Waals surface area (Å²) >= 11 is 0.